The topological polar surface area (TPSA) is 68.9 Å². The number of fused-ring (bicyclic) bond motifs is 1. The molecule has 0 radical (unpaired) electrons. The fourth-order valence-corrected chi connectivity index (χ4v) is 2.33. The lowest BCUT2D eigenvalue weighted by atomic mass is 10.1. The number of benzene rings is 2. The molecule has 104 valence electrons. The van der Waals surface area contributed by atoms with E-state index >= 15 is 0 Å². The van der Waals surface area contributed by atoms with Crippen molar-refractivity contribution in [2.75, 3.05) is 0 Å². The molecule has 0 bridgehead atoms. The molecule has 2 aromatic carbocycles. The first-order chi connectivity index (χ1) is 10.1. The van der Waals surface area contributed by atoms with Crippen LogP contribution in [0.1, 0.15) is 17.1 Å². The van der Waals surface area contributed by atoms with E-state index in [4.69, 9.17) is 0 Å². The van der Waals surface area contributed by atoms with Crippen molar-refractivity contribution in [3.63, 3.8) is 0 Å². The Morgan fingerprint density at radius 1 is 1.05 bits per heavy atom. The van der Waals surface area contributed by atoms with E-state index < -0.39 is 4.92 Å². The molecule has 1 heterocycles. The summed E-state index contributed by atoms with van der Waals surface area (Å²) >= 11 is 0. The van der Waals surface area contributed by atoms with Crippen molar-refractivity contribution in [1.29, 1.82) is 0 Å². The van der Waals surface area contributed by atoms with Gasteiger partial charge in [-0.05, 0) is 18.6 Å². The number of nitrogens with zero attached hydrogens (tertiary/aromatic N) is 3. The minimum Gasteiger partial charge on any atom is -0.258 e. The average Bonchev–Trinajstić information content (AvgIpc) is 2.47. The zero-order valence-corrected chi connectivity index (χ0v) is 11.5. The molecule has 0 spiro atoms. The molecule has 0 aliphatic carbocycles. The van der Waals surface area contributed by atoms with Crippen LogP contribution in [0.4, 0.5) is 5.69 Å². The van der Waals surface area contributed by atoms with Gasteiger partial charge in [-0.3, -0.25) is 10.1 Å². The van der Waals surface area contributed by atoms with Gasteiger partial charge in [0.1, 0.15) is 5.82 Å². The van der Waals surface area contributed by atoms with Crippen molar-refractivity contribution in [2.24, 2.45) is 0 Å². The van der Waals surface area contributed by atoms with Crippen LogP contribution in [0.15, 0.2) is 48.5 Å². The second kappa shape index (κ2) is 5.28. The highest BCUT2D eigenvalue weighted by Gasteiger charge is 2.08. The summed E-state index contributed by atoms with van der Waals surface area (Å²) in [4.78, 5) is 19.2. The summed E-state index contributed by atoms with van der Waals surface area (Å²) in [6, 6.07) is 14.4. The Kier molecular flexibility index (Phi) is 3.31. The van der Waals surface area contributed by atoms with E-state index in [1.54, 1.807) is 12.1 Å². The van der Waals surface area contributed by atoms with Crippen molar-refractivity contribution in [3.05, 3.63) is 75.7 Å². The van der Waals surface area contributed by atoms with Gasteiger partial charge in [0.05, 0.1) is 16.1 Å². The monoisotopic (exact) mass is 279 g/mol. The Morgan fingerprint density at radius 2 is 1.76 bits per heavy atom. The summed E-state index contributed by atoms with van der Waals surface area (Å²) in [5.74, 6) is 0.727. The van der Waals surface area contributed by atoms with Crippen LogP contribution in [0.5, 0.6) is 0 Å². The fraction of sp³-hybridized carbons (Fsp3) is 0.125. The summed E-state index contributed by atoms with van der Waals surface area (Å²) in [6.07, 6.45) is 0.627. The first-order valence-corrected chi connectivity index (χ1v) is 6.59. The second-order valence-electron chi connectivity index (χ2n) is 4.83. The molecule has 0 saturated carbocycles. The van der Waals surface area contributed by atoms with Gasteiger partial charge >= 0.3 is 0 Å². The molecule has 3 aromatic rings. The molecule has 0 fully saturated rings. The summed E-state index contributed by atoms with van der Waals surface area (Å²) in [5.41, 5.74) is 2.94. The lowest BCUT2D eigenvalue weighted by Gasteiger charge is -2.07. The maximum Gasteiger partial charge on any atom is 0.269 e. The lowest BCUT2D eigenvalue weighted by Crippen LogP contribution is -1.99. The summed E-state index contributed by atoms with van der Waals surface area (Å²) in [7, 11) is 0. The van der Waals surface area contributed by atoms with Gasteiger partial charge in [0.2, 0.25) is 0 Å². The largest absolute Gasteiger partial charge is 0.269 e. The Morgan fingerprint density at radius 3 is 2.48 bits per heavy atom. The van der Waals surface area contributed by atoms with Gasteiger partial charge < -0.3 is 0 Å². The molecule has 3 rings (SSSR count). The van der Waals surface area contributed by atoms with Gasteiger partial charge in [-0.25, -0.2) is 9.97 Å². The van der Waals surface area contributed by atoms with Crippen LogP contribution >= 0.6 is 0 Å². The van der Waals surface area contributed by atoms with E-state index in [2.05, 4.69) is 9.97 Å². The Labute approximate surface area is 121 Å². The summed E-state index contributed by atoms with van der Waals surface area (Å²) < 4.78 is 0. The van der Waals surface area contributed by atoms with Crippen molar-refractivity contribution < 1.29 is 4.92 Å². The third-order valence-corrected chi connectivity index (χ3v) is 3.31. The highest BCUT2D eigenvalue weighted by atomic mass is 16.6. The van der Waals surface area contributed by atoms with Crippen molar-refractivity contribution >= 4 is 16.6 Å². The van der Waals surface area contributed by atoms with Gasteiger partial charge in [0, 0.05) is 23.9 Å². The number of nitro groups is 1. The highest BCUT2D eigenvalue weighted by Crippen LogP contribution is 2.20. The first-order valence-electron chi connectivity index (χ1n) is 6.59. The molecule has 0 amide bonds. The predicted octanol–water partition coefficient (Wildman–Crippen LogP) is 3.44. The van der Waals surface area contributed by atoms with Crippen molar-refractivity contribution in [3.8, 4) is 0 Å². The summed E-state index contributed by atoms with van der Waals surface area (Å²) in [6.45, 7) is 1.87. The quantitative estimate of drug-likeness (QED) is 0.544. The van der Waals surface area contributed by atoms with Crippen LogP contribution in [-0.2, 0) is 6.42 Å². The van der Waals surface area contributed by atoms with Crippen LogP contribution in [-0.4, -0.2) is 14.9 Å². The number of hydrogen-bond donors (Lipinski definition) is 0. The Hall–Kier alpha value is -2.82. The van der Waals surface area contributed by atoms with Crippen LogP contribution < -0.4 is 0 Å². The van der Waals surface area contributed by atoms with E-state index in [0.29, 0.717) is 6.42 Å². The van der Waals surface area contributed by atoms with E-state index in [1.165, 1.54) is 12.1 Å². The molecule has 5 heteroatoms. The maximum absolute atomic E-state index is 10.7. The van der Waals surface area contributed by atoms with E-state index in [1.807, 2.05) is 31.2 Å². The smallest absolute Gasteiger partial charge is 0.258 e. The third-order valence-electron chi connectivity index (χ3n) is 3.31. The molecule has 0 unspecified atom stereocenters. The van der Waals surface area contributed by atoms with Gasteiger partial charge in [0.15, 0.2) is 0 Å². The molecule has 0 saturated heterocycles. The van der Waals surface area contributed by atoms with Crippen molar-refractivity contribution in [2.45, 2.75) is 13.3 Å². The van der Waals surface area contributed by atoms with Gasteiger partial charge in [-0.15, -0.1) is 0 Å². The molecule has 0 atom stereocenters. The SMILES string of the molecule is Cc1nc(Cc2ccc([N+](=O)[O-])cc2)c2ccccc2n1. The van der Waals surface area contributed by atoms with Gasteiger partial charge in [0.25, 0.3) is 5.69 Å². The zero-order valence-electron chi connectivity index (χ0n) is 11.5. The van der Waals surface area contributed by atoms with E-state index in [9.17, 15) is 10.1 Å². The number of non-ortho nitro benzene ring substituents is 1. The number of rotatable bonds is 3. The van der Waals surface area contributed by atoms with Crippen molar-refractivity contribution in [1.82, 2.24) is 9.97 Å². The Bertz CT molecular complexity index is 813. The van der Waals surface area contributed by atoms with Crippen LogP contribution in [0.3, 0.4) is 0 Å². The minimum absolute atomic E-state index is 0.0995. The number of hydrogen-bond acceptors (Lipinski definition) is 4. The molecular weight excluding hydrogens is 266 g/mol. The first kappa shape index (κ1) is 13.2. The lowest BCUT2D eigenvalue weighted by molar-refractivity contribution is -0.384. The maximum atomic E-state index is 10.7. The molecule has 0 aliphatic rings. The van der Waals surface area contributed by atoms with E-state index in [-0.39, 0.29) is 5.69 Å². The van der Waals surface area contributed by atoms with Gasteiger partial charge in [-0.2, -0.15) is 0 Å². The predicted molar refractivity (Wildman–Crippen MR) is 80.2 cm³/mol. The van der Waals surface area contributed by atoms with E-state index in [0.717, 1.165) is 28.0 Å². The standard InChI is InChI=1S/C16H13N3O2/c1-11-17-15-5-3-2-4-14(15)16(18-11)10-12-6-8-13(9-7-12)19(20)21/h2-9H,10H2,1H3. The van der Waals surface area contributed by atoms with Gasteiger partial charge in [-0.1, -0.05) is 30.3 Å². The minimum atomic E-state index is -0.395. The number of aromatic nitrogens is 2. The molecule has 0 aliphatic heterocycles. The number of para-hydroxylation sites is 1. The third kappa shape index (κ3) is 2.72. The number of nitro benzene ring substituents is 1. The fourth-order valence-electron chi connectivity index (χ4n) is 2.33. The molecule has 0 N–H and O–H groups in total. The average molecular weight is 279 g/mol. The second-order valence-corrected chi connectivity index (χ2v) is 4.83. The highest BCUT2D eigenvalue weighted by molar-refractivity contribution is 5.81. The molecule has 5 nitrogen and oxygen atoms in total. The zero-order chi connectivity index (χ0) is 14.8. The van der Waals surface area contributed by atoms with Crippen LogP contribution in [0, 0.1) is 17.0 Å². The van der Waals surface area contributed by atoms with Crippen LogP contribution in [0.25, 0.3) is 10.9 Å². The number of aryl methyl sites for hydroxylation is 1. The van der Waals surface area contributed by atoms with Crippen LogP contribution in [0.2, 0.25) is 0 Å². The summed E-state index contributed by atoms with van der Waals surface area (Å²) in [5, 5.41) is 11.7. The molecule has 1 aromatic heterocycles. The normalized spacial score (nSPS) is 10.7. The molecule has 21 heavy (non-hydrogen) atoms. The molecular formula is C16H13N3O2. The Balaban J connectivity index is 1.99.